The molecule has 0 aliphatic carbocycles. The van der Waals surface area contributed by atoms with Crippen molar-refractivity contribution in [3.8, 4) is 5.75 Å². The number of nitrogens with one attached hydrogen (secondary N) is 1. The quantitative estimate of drug-likeness (QED) is 0.262. The standard InChI is InChI=1S/C24H29BrClNO4/c1-3-4-5-6-7-14-31-22-13-12-19(26)15-20(22)24(29)27-21(16-23(28)30-2)17-8-10-18(25)11-9-17/h8-13,15,21H,3-7,14,16H2,1-2H3,(H,27,29). The lowest BCUT2D eigenvalue weighted by atomic mass is 10.0. The summed E-state index contributed by atoms with van der Waals surface area (Å²) in [5.41, 5.74) is 1.13. The number of hydrogen-bond acceptors (Lipinski definition) is 4. The van der Waals surface area contributed by atoms with Gasteiger partial charge in [-0.1, -0.05) is 72.3 Å². The molecule has 2 aromatic carbocycles. The molecule has 0 saturated heterocycles. The van der Waals surface area contributed by atoms with E-state index in [1.165, 1.54) is 26.4 Å². The van der Waals surface area contributed by atoms with Crippen molar-refractivity contribution in [1.29, 1.82) is 0 Å². The van der Waals surface area contributed by atoms with E-state index in [9.17, 15) is 9.59 Å². The molecule has 0 aliphatic rings. The van der Waals surface area contributed by atoms with E-state index >= 15 is 0 Å². The Hall–Kier alpha value is -2.05. The fourth-order valence-electron chi connectivity index (χ4n) is 3.13. The molecule has 168 valence electrons. The highest BCUT2D eigenvalue weighted by Crippen LogP contribution is 2.26. The zero-order valence-corrected chi connectivity index (χ0v) is 20.3. The molecule has 1 N–H and O–H groups in total. The van der Waals surface area contributed by atoms with E-state index in [4.69, 9.17) is 21.1 Å². The van der Waals surface area contributed by atoms with Crippen molar-refractivity contribution < 1.29 is 19.1 Å². The summed E-state index contributed by atoms with van der Waals surface area (Å²) in [6.45, 7) is 2.71. The summed E-state index contributed by atoms with van der Waals surface area (Å²) in [7, 11) is 1.33. The third kappa shape index (κ3) is 8.54. The summed E-state index contributed by atoms with van der Waals surface area (Å²) < 4.78 is 11.6. The third-order valence-corrected chi connectivity index (χ3v) is 5.63. The minimum atomic E-state index is -0.547. The Morgan fingerprint density at radius 2 is 1.77 bits per heavy atom. The van der Waals surface area contributed by atoms with Crippen molar-refractivity contribution in [2.24, 2.45) is 0 Å². The van der Waals surface area contributed by atoms with Gasteiger partial charge in [-0.25, -0.2) is 0 Å². The maximum atomic E-state index is 13.1. The Labute approximate surface area is 197 Å². The molecule has 0 heterocycles. The van der Waals surface area contributed by atoms with E-state index in [-0.39, 0.29) is 12.3 Å². The second kappa shape index (κ2) is 13.4. The number of rotatable bonds is 12. The number of esters is 1. The van der Waals surface area contributed by atoms with Crippen molar-refractivity contribution in [1.82, 2.24) is 5.32 Å². The number of carbonyl (C=O) groups is 2. The average molecular weight is 511 g/mol. The van der Waals surface area contributed by atoms with Crippen LogP contribution in [0.3, 0.4) is 0 Å². The van der Waals surface area contributed by atoms with Crippen molar-refractivity contribution in [2.75, 3.05) is 13.7 Å². The first-order valence-electron chi connectivity index (χ1n) is 10.5. The lowest BCUT2D eigenvalue weighted by molar-refractivity contribution is -0.141. The van der Waals surface area contributed by atoms with Crippen LogP contribution in [0.2, 0.25) is 5.02 Å². The smallest absolute Gasteiger partial charge is 0.307 e. The van der Waals surface area contributed by atoms with Crippen molar-refractivity contribution in [3.63, 3.8) is 0 Å². The van der Waals surface area contributed by atoms with Crippen LogP contribution in [0.25, 0.3) is 0 Å². The molecule has 1 unspecified atom stereocenters. The normalized spacial score (nSPS) is 11.6. The van der Waals surface area contributed by atoms with Gasteiger partial charge in [0, 0.05) is 9.50 Å². The summed E-state index contributed by atoms with van der Waals surface area (Å²) in [4.78, 5) is 25.0. The topological polar surface area (TPSA) is 64.6 Å². The van der Waals surface area contributed by atoms with Crippen molar-refractivity contribution in [3.05, 3.63) is 63.1 Å². The Bertz CT molecular complexity index is 857. The van der Waals surface area contributed by atoms with Gasteiger partial charge in [-0.3, -0.25) is 9.59 Å². The van der Waals surface area contributed by atoms with Gasteiger partial charge in [-0.05, 0) is 42.3 Å². The molecule has 0 aliphatic heterocycles. The lowest BCUT2D eigenvalue weighted by Gasteiger charge is -2.20. The second-order valence-corrected chi connectivity index (χ2v) is 8.61. The first-order chi connectivity index (χ1) is 14.9. The zero-order chi connectivity index (χ0) is 22.6. The van der Waals surface area contributed by atoms with Gasteiger partial charge in [-0.15, -0.1) is 0 Å². The summed E-state index contributed by atoms with van der Waals surface area (Å²) >= 11 is 9.54. The highest BCUT2D eigenvalue weighted by Gasteiger charge is 2.22. The number of methoxy groups -OCH3 is 1. The fraction of sp³-hybridized carbons (Fsp3) is 0.417. The van der Waals surface area contributed by atoms with Crippen LogP contribution in [0.15, 0.2) is 46.9 Å². The molecular formula is C24H29BrClNO4. The predicted molar refractivity (Wildman–Crippen MR) is 127 cm³/mol. The van der Waals surface area contributed by atoms with Crippen LogP contribution in [0.5, 0.6) is 5.75 Å². The Morgan fingerprint density at radius 3 is 2.45 bits per heavy atom. The van der Waals surface area contributed by atoms with Crippen LogP contribution in [0.1, 0.15) is 67.4 Å². The molecular weight excluding hydrogens is 482 g/mol. The average Bonchev–Trinajstić information content (AvgIpc) is 2.76. The predicted octanol–water partition coefficient (Wildman–Crippen LogP) is 6.49. The summed E-state index contributed by atoms with van der Waals surface area (Å²) in [6.07, 6.45) is 5.61. The molecule has 1 amide bonds. The largest absolute Gasteiger partial charge is 0.493 e. The van der Waals surface area contributed by atoms with E-state index in [0.29, 0.717) is 22.9 Å². The van der Waals surface area contributed by atoms with Crippen LogP contribution >= 0.6 is 27.5 Å². The molecule has 0 spiro atoms. The molecule has 0 saturated carbocycles. The summed E-state index contributed by atoms with van der Waals surface area (Å²) in [5, 5.41) is 3.37. The number of amides is 1. The Morgan fingerprint density at radius 1 is 1.06 bits per heavy atom. The van der Waals surface area contributed by atoms with Crippen LogP contribution in [-0.4, -0.2) is 25.6 Å². The SMILES string of the molecule is CCCCCCCOc1ccc(Cl)cc1C(=O)NC(CC(=O)OC)c1ccc(Br)cc1. The number of hydrogen-bond donors (Lipinski definition) is 1. The van der Waals surface area contributed by atoms with Crippen molar-refractivity contribution >= 4 is 39.4 Å². The highest BCUT2D eigenvalue weighted by molar-refractivity contribution is 9.10. The van der Waals surface area contributed by atoms with E-state index in [1.807, 2.05) is 24.3 Å². The molecule has 31 heavy (non-hydrogen) atoms. The van der Waals surface area contributed by atoms with E-state index in [2.05, 4.69) is 28.2 Å². The molecule has 0 aromatic heterocycles. The van der Waals surface area contributed by atoms with Crippen LogP contribution < -0.4 is 10.1 Å². The second-order valence-electron chi connectivity index (χ2n) is 7.26. The molecule has 0 fully saturated rings. The number of unbranched alkanes of at least 4 members (excludes halogenated alkanes) is 4. The zero-order valence-electron chi connectivity index (χ0n) is 18.0. The lowest BCUT2D eigenvalue weighted by Crippen LogP contribution is -2.31. The van der Waals surface area contributed by atoms with E-state index < -0.39 is 12.0 Å². The van der Waals surface area contributed by atoms with Gasteiger partial charge in [0.05, 0.1) is 31.7 Å². The summed E-state index contributed by atoms with van der Waals surface area (Å²) in [6, 6.07) is 11.9. The number of ether oxygens (including phenoxy) is 2. The maximum absolute atomic E-state index is 13.1. The number of benzene rings is 2. The van der Waals surface area contributed by atoms with Crippen LogP contribution in [-0.2, 0) is 9.53 Å². The minimum Gasteiger partial charge on any atom is -0.493 e. The molecule has 7 heteroatoms. The van der Waals surface area contributed by atoms with Gasteiger partial charge >= 0.3 is 5.97 Å². The fourth-order valence-corrected chi connectivity index (χ4v) is 3.56. The molecule has 2 rings (SSSR count). The first-order valence-corrected chi connectivity index (χ1v) is 11.7. The Balaban J connectivity index is 2.13. The molecule has 5 nitrogen and oxygen atoms in total. The Kier molecular flexibility index (Phi) is 10.9. The molecule has 1 atom stereocenters. The van der Waals surface area contributed by atoms with Gasteiger partial charge < -0.3 is 14.8 Å². The summed E-state index contributed by atoms with van der Waals surface area (Å²) in [5.74, 6) is -0.298. The first kappa shape index (κ1) is 25.2. The van der Waals surface area contributed by atoms with Crippen LogP contribution in [0, 0.1) is 0 Å². The molecule has 2 aromatic rings. The number of carbonyl (C=O) groups excluding carboxylic acids is 2. The van der Waals surface area contributed by atoms with Gasteiger partial charge in [0.2, 0.25) is 0 Å². The monoisotopic (exact) mass is 509 g/mol. The molecule has 0 bridgehead atoms. The highest BCUT2D eigenvalue weighted by atomic mass is 79.9. The van der Waals surface area contributed by atoms with Gasteiger partial charge in [-0.2, -0.15) is 0 Å². The van der Waals surface area contributed by atoms with E-state index in [0.717, 1.165) is 22.9 Å². The van der Waals surface area contributed by atoms with Gasteiger partial charge in [0.15, 0.2) is 0 Å². The number of halogens is 2. The van der Waals surface area contributed by atoms with Crippen molar-refractivity contribution in [2.45, 2.75) is 51.5 Å². The third-order valence-electron chi connectivity index (χ3n) is 4.87. The van der Waals surface area contributed by atoms with Gasteiger partial charge in [0.1, 0.15) is 5.75 Å². The van der Waals surface area contributed by atoms with E-state index in [1.54, 1.807) is 18.2 Å². The minimum absolute atomic E-state index is 0.0120. The maximum Gasteiger partial charge on any atom is 0.307 e. The van der Waals surface area contributed by atoms with Crippen LogP contribution in [0.4, 0.5) is 0 Å². The molecule has 0 radical (unpaired) electrons. The van der Waals surface area contributed by atoms with Gasteiger partial charge in [0.25, 0.3) is 5.91 Å².